The van der Waals surface area contributed by atoms with E-state index < -0.39 is 113 Å². The van der Waals surface area contributed by atoms with Crippen molar-refractivity contribution >= 4 is 79.9 Å². The second kappa shape index (κ2) is 14.2. The molecule has 21 nitrogen and oxygen atoms in total. The van der Waals surface area contributed by atoms with Gasteiger partial charge in [-0.2, -0.15) is 0 Å². The Bertz CT molecular complexity index is 2680. The van der Waals surface area contributed by atoms with Crippen LogP contribution in [0.1, 0.15) is 24.3 Å². The fourth-order valence-corrected chi connectivity index (χ4v) is 9.93. The largest absolute Gasteiger partial charge is 0.507 e. The molecule has 1 saturated carbocycles. The quantitative estimate of drug-likeness (QED) is 0.0962. The number of benzene rings is 4. The van der Waals surface area contributed by atoms with Gasteiger partial charge in [0.15, 0.2) is 11.4 Å². The molecular weight excluding hydrogens is 800 g/mol. The highest BCUT2D eigenvalue weighted by molar-refractivity contribution is 6.24. The van der Waals surface area contributed by atoms with Crippen molar-refractivity contribution < 1.29 is 44.0 Å². The summed E-state index contributed by atoms with van der Waals surface area (Å²) in [5, 5.41) is 60.7. The molecule has 4 amide bonds. The molecule has 2 saturated heterocycles. The van der Waals surface area contributed by atoms with Gasteiger partial charge in [0.25, 0.3) is 0 Å². The zero-order valence-corrected chi connectivity index (χ0v) is 32.7. The monoisotopic (exact) mass is 834 g/mol. The van der Waals surface area contributed by atoms with Gasteiger partial charge in [-0.25, -0.2) is 9.80 Å². The molecule has 0 aromatic heterocycles. The van der Waals surface area contributed by atoms with Crippen LogP contribution in [0.2, 0.25) is 0 Å². The summed E-state index contributed by atoms with van der Waals surface area (Å²) in [7, 11) is 5.46. The van der Waals surface area contributed by atoms with Crippen molar-refractivity contribution in [3.05, 3.63) is 118 Å². The van der Waals surface area contributed by atoms with Gasteiger partial charge in [-0.15, -0.1) is 0 Å². The number of carbonyl (C=O) groups is 4. The number of nitrogens with zero attached hydrogens (tertiary/aromatic N) is 8. The Balaban J connectivity index is 1.29. The third-order valence-electron chi connectivity index (χ3n) is 12.2. The maximum absolute atomic E-state index is 14.9. The fraction of sp³-hybridized carbons (Fsp3) is 0.300. The molecule has 8 rings (SSSR count). The number of allylic oxidation sites excluding steroid dienone is 2. The van der Waals surface area contributed by atoms with Crippen LogP contribution in [0.3, 0.4) is 0 Å². The molecule has 6 atom stereocenters. The van der Waals surface area contributed by atoms with E-state index in [1.54, 1.807) is 36.4 Å². The molecule has 2 aliphatic carbocycles. The van der Waals surface area contributed by atoms with E-state index in [0.29, 0.717) is 31.7 Å². The van der Waals surface area contributed by atoms with Gasteiger partial charge in [-0.1, -0.05) is 42.0 Å². The summed E-state index contributed by atoms with van der Waals surface area (Å²) in [5.41, 5.74) is -3.49. The summed E-state index contributed by atoms with van der Waals surface area (Å²) >= 11 is 0. The maximum Gasteiger partial charge on any atom is 0.301 e. The zero-order valence-electron chi connectivity index (χ0n) is 32.7. The number of carbonyl (C=O) groups excluding carboxylic acids is 4. The molecule has 0 spiro atoms. The number of imide groups is 2. The first-order valence-electron chi connectivity index (χ1n) is 18.8. The first kappa shape index (κ1) is 40.0. The van der Waals surface area contributed by atoms with E-state index in [-0.39, 0.29) is 30.0 Å². The van der Waals surface area contributed by atoms with Crippen molar-refractivity contribution in [1.29, 1.82) is 0 Å². The van der Waals surface area contributed by atoms with Crippen molar-refractivity contribution in [3.8, 4) is 5.75 Å². The molecule has 2 heterocycles. The number of nitro benzene ring substituents is 4. The molecule has 1 N–H and O–H groups in total. The SMILES string of the molecule is CN(C)c1c([N+](=O)[O-])cc(N2C(=O)[C@H]3[C@H](CC=C4[C@H]3C[C@H]3C(=O)N(c5cc([N+](=O)[O-])c(N(C)C)c([N+](=O)[O-])c5)C(=O)[C@H]3[C@H]4c3ccc(O)c4ccccc34)C2=O)cc1[N+](=O)[O-]. The van der Waals surface area contributed by atoms with Gasteiger partial charge in [0.05, 0.1) is 54.7 Å². The molecule has 0 unspecified atom stereocenters. The minimum absolute atomic E-state index is 0.0579. The van der Waals surface area contributed by atoms with Crippen molar-refractivity contribution in [2.24, 2.45) is 29.6 Å². The van der Waals surface area contributed by atoms with Crippen LogP contribution in [0.15, 0.2) is 72.3 Å². The van der Waals surface area contributed by atoms with E-state index in [0.717, 1.165) is 24.3 Å². The molecule has 0 radical (unpaired) electrons. The Morgan fingerprint density at radius 1 is 0.590 bits per heavy atom. The summed E-state index contributed by atoms with van der Waals surface area (Å²) in [5.74, 6) is -10.1. The molecule has 2 aliphatic heterocycles. The maximum atomic E-state index is 14.9. The van der Waals surface area contributed by atoms with Gasteiger partial charge in [-0.05, 0) is 35.8 Å². The second-order valence-corrected chi connectivity index (χ2v) is 15.8. The van der Waals surface area contributed by atoms with Crippen LogP contribution in [-0.2, 0) is 19.2 Å². The number of hydrogen-bond acceptors (Lipinski definition) is 15. The molecular formula is C40H34N8O13. The van der Waals surface area contributed by atoms with E-state index in [4.69, 9.17) is 0 Å². The van der Waals surface area contributed by atoms with E-state index in [9.17, 15) is 64.7 Å². The van der Waals surface area contributed by atoms with Crippen LogP contribution in [0.25, 0.3) is 10.8 Å². The first-order valence-corrected chi connectivity index (χ1v) is 18.8. The highest BCUT2D eigenvalue weighted by Crippen LogP contribution is 2.60. The van der Waals surface area contributed by atoms with Crippen LogP contribution in [0, 0.1) is 70.0 Å². The first-order chi connectivity index (χ1) is 28.8. The smallest absolute Gasteiger partial charge is 0.301 e. The Kier molecular flexibility index (Phi) is 9.28. The van der Waals surface area contributed by atoms with Crippen molar-refractivity contribution in [2.75, 3.05) is 47.8 Å². The normalized spacial score (nSPS) is 23.0. The van der Waals surface area contributed by atoms with Crippen LogP contribution in [-0.4, -0.2) is 76.6 Å². The third kappa shape index (κ3) is 5.90. The summed E-state index contributed by atoms with van der Waals surface area (Å²) in [4.78, 5) is 108. The van der Waals surface area contributed by atoms with Crippen molar-refractivity contribution in [3.63, 3.8) is 0 Å². The molecule has 4 aromatic carbocycles. The number of phenolic OH excluding ortho intramolecular Hbond substituents is 1. The van der Waals surface area contributed by atoms with Crippen LogP contribution in [0.5, 0.6) is 5.75 Å². The van der Waals surface area contributed by atoms with Gasteiger partial charge in [0.1, 0.15) is 5.75 Å². The Morgan fingerprint density at radius 2 is 1.03 bits per heavy atom. The van der Waals surface area contributed by atoms with E-state index in [1.165, 1.54) is 44.1 Å². The topological polar surface area (TPSA) is 274 Å². The van der Waals surface area contributed by atoms with Gasteiger partial charge >= 0.3 is 22.7 Å². The summed E-state index contributed by atoms with van der Waals surface area (Å²) in [6.07, 6.45) is 1.46. The fourth-order valence-electron chi connectivity index (χ4n) is 9.93. The number of rotatable bonds is 9. The average Bonchev–Trinajstić information content (AvgIpc) is 3.62. The van der Waals surface area contributed by atoms with Crippen LogP contribution >= 0.6 is 0 Å². The van der Waals surface area contributed by atoms with E-state index >= 15 is 0 Å². The molecule has 4 aliphatic rings. The van der Waals surface area contributed by atoms with Crippen molar-refractivity contribution in [1.82, 2.24) is 0 Å². The number of amides is 4. The highest BCUT2D eigenvalue weighted by atomic mass is 16.6. The van der Waals surface area contributed by atoms with Crippen LogP contribution < -0.4 is 19.6 Å². The third-order valence-corrected chi connectivity index (χ3v) is 12.2. The number of aromatic hydroxyl groups is 1. The minimum Gasteiger partial charge on any atom is -0.507 e. The number of nitro groups is 4. The minimum atomic E-state index is -1.24. The standard InChI is InChI=1S/C40H34N8O13/c1-41(2)35-27(45(54)55)13-18(14-28(35)46(56)57)43-37(50)24-10-9-23-25(33(24)39(43)52)17-26-34(32(23)22-11-12-31(49)21-8-6-5-7-20(21)22)40(53)44(38(26)51)19-15-29(47(58)59)36(42(3)4)30(16-19)48(60)61/h5-9,11-16,24-26,32-34,49H,10,17H2,1-4H3/t24-,25+,26+,32-,33-,34+/m0/s1. The lowest BCUT2D eigenvalue weighted by atomic mass is 9.57. The van der Waals surface area contributed by atoms with E-state index in [2.05, 4.69) is 0 Å². The number of phenols is 1. The molecule has 312 valence electrons. The second-order valence-electron chi connectivity index (χ2n) is 15.8. The van der Waals surface area contributed by atoms with Crippen molar-refractivity contribution in [2.45, 2.75) is 18.8 Å². The van der Waals surface area contributed by atoms with Crippen LogP contribution in [0.4, 0.5) is 45.5 Å². The molecule has 4 aromatic rings. The molecule has 21 heteroatoms. The van der Waals surface area contributed by atoms with Gasteiger partial charge in [0, 0.05) is 63.8 Å². The summed E-state index contributed by atoms with van der Waals surface area (Å²) < 4.78 is 0. The lowest BCUT2D eigenvalue weighted by Crippen LogP contribution is -2.43. The Hall–Kier alpha value is -7.84. The lowest BCUT2D eigenvalue weighted by molar-refractivity contribution is -0.392. The predicted molar refractivity (Wildman–Crippen MR) is 216 cm³/mol. The average molecular weight is 835 g/mol. The molecule has 3 fully saturated rings. The van der Waals surface area contributed by atoms with Gasteiger partial charge < -0.3 is 14.9 Å². The lowest BCUT2D eigenvalue weighted by Gasteiger charge is -2.44. The summed E-state index contributed by atoms with van der Waals surface area (Å²) in [6, 6.07) is 13.4. The Labute approximate surface area is 343 Å². The molecule has 61 heavy (non-hydrogen) atoms. The highest BCUT2D eigenvalue weighted by Gasteiger charge is 2.63. The predicted octanol–water partition coefficient (Wildman–Crippen LogP) is 5.36. The number of hydrogen-bond donors (Lipinski definition) is 1. The van der Waals surface area contributed by atoms with Gasteiger partial charge in [-0.3, -0.25) is 59.6 Å². The number of fused-ring (bicyclic) bond motifs is 5. The zero-order chi connectivity index (χ0) is 44.1. The molecule has 0 bridgehead atoms. The number of anilines is 4. The Morgan fingerprint density at radius 3 is 1.49 bits per heavy atom. The van der Waals surface area contributed by atoms with E-state index in [1.807, 2.05) is 0 Å². The summed E-state index contributed by atoms with van der Waals surface area (Å²) in [6.45, 7) is 0. The van der Waals surface area contributed by atoms with Gasteiger partial charge in [0.2, 0.25) is 23.6 Å².